The first-order chi connectivity index (χ1) is 12.6. The number of halogens is 2. The van der Waals surface area contributed by atoms with E-state index in [0.29, 0.717) is 50.4 Å². The van der Waals surface area contributed by atoms with E-state index in [-0.39, 0.29) is 24.1 Å². The van der Waals surface area contributed by atoms with Crippen LogP contribution in [0.1, 0.15) is 5.56 Å². The van der Waals surface area contributed by atoms with E-state index >= 15 is 0 Å². The Bertz CT molecular complexity index is 745. The minimum Gasteiger partial charge on any atom is -0.366 e. The van der Waals surface area contributed by atoms with Crippen LogP contribution >= 0.6 is 0 Å². The molecule has 1 fully saturated rings. The maximum atomic E-state index is 13.8. The Kier molecular flexibility index (Phi) is 6.17. The van der Waals surface area contributed by atoms with Crippen molar-refractivity contribution in [1.29, 1.82) is 0 Å². The number of hydrogen-bond acceptors (Lipinski definition) is 3. The van der Waals surface area contributed by atoms with Gasteiger partial charge in [0, 0.05) is 26.2 Å². The van der Waals surface area contributed by atoms with E-state index in [4.69, 9.17) is 0 Å². The Labute approximate surface area is 152 Å². The molecule has 1 aliphatic heterocycles. The summed E-state index contributed by atoms with van der Waals surface area (Å²) in [7, 11) is 0. The molecule has 0 aliphatic carbocycles. The third kappa shape index (κ3) is 4.58. The molecular weight excluding hydrogens is 336 g/mol. The van der Waals surface area contributed by atoms with Crippen LogP contribution in [0.25, 0.3) is 0 Å². The highest BCUT2D eigenvalue weighted by Gasteiger charge is 2.22. The van der Waals surface area contributed by atoms with Crippen LogP contribution < -0.4 is 10.2 Å². The van der Waals surface area contributed by atoms with Gasteiger partial charge < -0.3 is 15.1 Å². The van der Waals surface area contributed by atoms with Crippen LogP contribution in [0.4, 0.5) is 14.5 Å². The number of carbonyl (C=O) groups is 1. The zero-order valence-corrected chi connectivity index (χ0v) is 14.6. The predicted octanol–water partition coefficient (Wildman–Crippen LogP) is 2.45. The molecular formula is C20H23F2N3O. The molecule has 1 saturated heterocycles. The van der Waals surface area contributed by atoms with Crippen LogP contribution in [-0.4, -0.2) is 50.1 Å². The normalized spacial score (nSPS) is 14.5. The Morgan fingerprint density at radius 1 is 0.923 bits per heavy atom. The third-order valence-electron chi connectivity index (χ3n) is 4.63. The van der Waals surface area contributed by atoms with Crippen LogP contribution in [0.5, 0.6) is 0 Å². The number of carbonyl (C=O) groups excluding carboxylic acids is 1. The van der Waals surface area contributed by atoms with E-state index in [1.807, 2.05) is 11.0 Å². The summed E-state index contributed by atoms with van der Waals surface area (Å²) in [6.45, 7) is 3.14. The largest absolute Gasteiger partial charge is 0.366 e. The standard InChI is InChI=1S/C20H23F2N3O/c21-17-6-2-1-5-16(17)9-10-23-15-20(26)25-13-11-24(12-14-25)19-8-4-3-7-18(19)22/h1-8,23H,9-15H2. The van der Waals surface area contributed by atoms with Gasteiger partial charge in [-0.1, -0.05) is 30.3 Å². The fraction of sp³-hybridized carbons (Fsp3) is 0.350. The molecule has 1 heterocycles. The van der Waals surface area contributed by atoms with Crippen molar-refractivity contribution in [1.82, 2.24) is 10.2 Å². The van der Waals surface area contributed by atoms with E-state index in [1.54, 1.807) is 35.2 Å². The van der Waals surface area contributed by atoms with Crippen LogP contribution in [0.2, 0.25) is 0 Å². The van der Waals surface area contributed by atoms with Crippen LogP contribution in [0, 0.1) is 11.6 Å². The van der Waals surface area contributed by atoms with Crippen molar-refractivity contribution in [3.63, 3.8) is 0 Å². The van der Waals surface area contributed by atoms with Gasteiger partial charge in [0.2, 0.25) is 5.91 Å². The lowest BCUT2D eigenvalue weighted by Gasteiger charge is -2.36. The fourth-order valence-corrected chi connectivity index (χ4v) is 3.14. The summed E-state index contributed by atoms with van der Waals surface area (Å²) in [5, 5.41) is 3.08. The maximum absolute atomic E-state index is 13.8. The van der Waals surface area contributed by atoms with Crippen LogP contribution in [-0.2, 0) is 11.2 Å². The van der Waals surface area contributed by atoms with Crippen molar-refractivity contribution in [3.8, 4) is 0 Å². The number of hydrogen-bond donors (Lipinski definition) is 1. The van der Waals surface area contributed by atoms with Gasteiger partial charge >= 0.3 is 0 Å². The zero-order chi connectivity index (χ0) is 18.4. The number of piperazine rings is 1. The molecule has 0 spiro atoms. The predicted molar refractivity (Wildman–Crippen MR) is 98.2 cm³/mol. The molecule has 0 aromatic heterocycles. The second kappa shape index (κ2) is 8.76. The number of nitrogens with one attached hydrogen (secondary N) is 1. The average Bonchev–Trinajstić information content (AvgIpc) is 2.67. The highest BCUT2D eigenvalue weighted by molar-refractivity contribution is 5.78. The van der Waals surface area contributed by atoms with Crippen molar-refractivity contribution in [2.24, 2.45) is 0 Å². The van der Waals surface area contributed by atoms with Gasteiger partial charge in [0.1, 0.15) is 11.6 Å². The van der Waals surface area contributed by atoms with Gasteiger partial charge in [-0.05, 0) is 36.7 Å². The van der Waals surface area contributed by atoms with Gasteiger partial charge in [-0.3, -0.25) is 4.79 Å². The third-order valence-corrected chi connectivity index (χ3v) is 4.63. The zero-order valence-electron chi connectivity index (χ0n) is 14.6. The second-order valence-electron chi connectivity index (χ2n) is 6.34. The van der Waals surface area contributed by atoms with E-state index in [2.05, 4.69) is 5.32 Å². The van der Waals surface area contributed by atoms with Crippen molar-refractivity contribution in [2.45, 2.75) is 6.42 Å². The molecule has 2 aromatic carbocycles. The average molecular weight is 359 g/mol. The molecule has 3 rings (SSSR count). The van der Waals surface area contributed by atoms with E-state index in [9.17, 15) is 13.6 Å². The molecule has 2 aromatic rings. The fourth-order valence-electron chi connectivity index (χ4n) is 3.14. The maximum Gasteiger partial charge on any atom is 0.236 e. The first-order valence-corrected chi connectivity index (χ1v) is 8.86. The molecule has 4 nitrogen and oxygen atoms in total. The molecule has 138 valence electrons. The SMILES string of the molecule is O=C(CNCCc1ccccc1F)N1CCN(c2ccccc2F)CC1. The second-order valence-corrected chi connectivity index (χ2v) is 6.34. The summed E-state index contributed by atoms with van der Waals surface area (Å²) >= 11 is 0. The summed E-state index contributed by atoms with van der Waals surface area (Å²) in [4.78, 5) is 16.0. The number of nitrogens with zero attached hydrogens (tertiary/aromatic N) is 2. The van der Waals surface area contributed by atoms with Crippen LogP contribution in [0.15, 0.2) is 48.5 Å². The summed E-state index contributed by atoms with van der Waals surface area (Å²) in [6.07, 6.45) is 0.543. The number of para-hydroxylation sites is 1. The molecule has 0 unspecified atom stereocenters. The summed E-state index contributed by atoms with van der Waals surface area (Å²) in [5.74, 6) is -0.432. The first-order valence-electron chi connectivity index (χ1n) is 8.86. The van der Waals surface area contributed by atoms with E-state index < -0.39 is 0 Å². The highest BCUT2D eigenvalue weighted by Crippen LogP contribution is 2.20. The smallest absolute Gasteiger partial charge is 0.236 e. The molecule has 26 heavy (non-hydrogen) atoms. The topological polar surface area (TPSA) is 35.6 Å². The molecule has 6 heteroatoms. The molecule has 0 bridgehead atoms. The Morgan fingerprint density at radius 2 is 1.58 bits per heavy atom. The number of amides is 1. The van der Waals surface area contributed by atoms with Crippen molar-refractivity contribution < 1.29 is 13.6 Å². The number of rotatable bonds is 6. The monoisotopic (exact) mass is 359 g/mol. The van der Waals surface area contributed by atoms with Gasteiger partial charge in [0.05, 0.1) is 12.2 Å². The van der Waals surface area contributed by atoms with Gasteiger partial charge in [-0.2, -0.15) is 0 Å². The molecule has 1 N–H and O–H groups in total. The van der Waals surface area contributed by atoms with Gasteiger partial charge in [0.15, 0.2) is 0 Å². The molecule has 0 atom stereocenters. The van der Waals surface area contributed by atoms with Crippen molar-refractivity contribution in [3.05, 3.63) is 65.7 Å². The van der Waals surface area contributed by atoms with Crippen LogP contribution in [0.3, 0.4) is 0 Å². The Balaban J connectivity index is 1.40. The van der Waals surface area contributed by atoms with Crippen molar-refractivity contribution in [2.75, 3.05) is 44.2 Å². The lowest BCUT2D eigenvalue weighted by Crippen LogP contribution is -2.51. The number of benzene rings is 2. The first kappa shape index (κ1) is 18.3. The summed E-state index contributed by atoms with van der Waals surface area (Å²) in [5.41, 5.74) is 1.23. The summed E-state index contributed by atoms with van der Waals surface area (Å²) in [6, 6.07) is 13.4. The van der Waals surface area contributed by atoms with E-state index in [0.717, 1.165) is 0 Å². The highest BCUT2D eigenvalue weighted by atomic mass is 19.1. The number of anilines is 1. The molecule has 1 aliphatic rings. The quantitative estimate of drug-likeness (QED) is 0.805. The minimum absolute atomic E-state index is 0.0201. The molecule has 0 saturated carbocycles. The summed E-state index contributed by atoms with van der Waals surface area (Å²) < 4.78 is 27.4. The lowest BCUT2D eigenvalue weighted by atomic mass is 10.1. The van der Waals surface area contributed by atoms with E-state index in [1.165, 1.54) is 12.1 Å². The molecule has 0 radical (unpaired) electrons. The molecule has 1 amide bonds. The Morgan fingerprint density at radius 3 is 2.27 bits per heavy atom. The lowest BCUT2D eigenvalue weighted by molar-refractivity contribution is -0.130. The van der Waals surface area contributed by atoms with Gasteiger partial charge in [-0.15, -0.1) is 0 Å². The Hall–Kier alpha value is -2.47. The minimum atomic E-state index is -0.234. The van der Waals surface area contributed by atoms with Gasteiger partial charge in [-0.25, -0.2) is 8.78 Å². The van der Waals surface area contributed by atoms with Gasteiger partial charge in [0.25, 0.3) is 0 Å². The van der Waals surface area contributed by atoms with Crippen molar-refractivity contribution >= 4 is 11.6 Å².